The van der Waals surface area contributed by atoms with Gasteiger partial charge in [-0.25, -0.2) is 13.6 Å². The average Bonchev–Trinajstić information content (AvgIpc) is 2.39. The van der Waals surface area contributed by atoms with Crippen molar-refractivity contribution in [2.45, 2.75) is 17.7 Å². The Morgan fingerprint density at radius 2 is 2.11 bits per heavy atom. The Labute approximate surface area is 113 Å². The van der Waals surface area contributed by atoms with Gasteiger partial charge in [-0.2, -0.15) is 0 Å². The minimum Gasteiger partial charge on any atom is -0.384 e. The first-order valence-corrected chi connectivity index (χ1v) is 7.86. The fraction of sp³-hybridized carbons (Fsp3) is 0.385. The predicted octanol–water partition coefficient (Wildman–Crippen LogP) is 1.06. The highest BCUT2D eigenvalue weighted by Gasteiger charge is 2.12. The minimum atomic E-state index is -3.68. The van der Waals surface area contributed by atoms with E-state index in [4.69, 9.17) is 5.14 Å². The quantitative estimate of drug-likeness (QED) is 0.705. The molecule has 1 aromatic rings. The van der Waals surface area contributed by atoms with Crippen LogP contribution in [0.2, 0.25) is 0 Å². The van der Waals surface area contributed by atoms with E-state index in [1.54, 1.807) is 18.2 Å². The van der Waals surface area contributed by atoms with Crippen molar-refractivity contribution in [3.8, 4) is 0 Å². The summed E-state index contributed by atoms with van der Waals surface area (Å²) >= 11 is 0. The first-order valence-electron chi connectivity index (χ1n) is 6.32. The van der Waals surface area contributed by atoms with Gasteiger partial charge in [0.15, 0.2) is 0 Å². The molecular weight excluding hydrogens is 262 g/mol. The second-order valence-corrected chi connectivity index (χ2v) is 6.06. The van der Waals surface area contributed by atoms with Gasteiger partial charge in [0.2, 0.25) is 10.0 Å². The first-order chi connectivity index (χ1) is 9.07. The Morgan fingerprint density at radius 1 is 1.32 bits per heavy atom. The summed E-state index contributed by atoms with van der Waals surface area (Å²) in [5.41, 5.74) is 1.97. The number of rotatable bonds is 5. The van der Waals surface area contributed by atoms with E-state index in [0.29, 0.717) is 12.2 Å². The van der Waals surface area contributed by atoms with Crippen LogP contribution < -0.4 is 15.8 Å². The van der Waals surface area contributed by atoms with Crippen LogP contribution in [-0.4, -0.2) is 28.1 Å². The Hall–Kier alpha value is -1.37. The molecule has 6 heteroatoms. The van der Waals surface area contributed by atoms with Crippen molar-refractivity contribution >= 4 is 15.7 Å². The van der Waals surface area contributed by atoms with Gasteiger partial charge in [-0.05, 0) is 31.5 Å². The van der Waals surface area contributed by atoms with E-state index in [1.165, 1.54) is 11.6 Å². The fourth-order valence-electron chi connectivity index (χ4n) is 2.12. The van der Waals surface area contributed by atoms with E-state index >= 15 is 0 Å². The van der Waals surface area contributed by atoms with E-state index in [9.17, 15) is 8.42 Å². The van der Waals surface area contributed by atoms with Crippen molar-refractivity contribution in [2.75, 3.05) is 25.0 Å². The van der Waals surface area contributed by atoms with Crippen LogP contribution in [0.4, 0.5) is 5.69 Å². The number of primary sulfonamides is 1. The van der Waals surface area contributed by atoms with Gasteiger partial charge in [0.1, 0.15) is 4.90 Å². The highest BCUT2D eigenvalue weighted by molar-refractivity contribution is 7.89. The number of sulfonamides is 1. The molecule has 19 heavy (non-hydrogen) atoms. The van der Waals surface area contributed by atoms with Gasteiger partial charge < -0.3 is 10.6 Å². The van der Waals surface area contributed by atoms with Gasteiger partial charge in [-0.1, -0.05) is 23.8 Å². The van der Waals surface area contributed by atoms with E-state index < -0.39 is 10.0 Å². The third-order valence-electron chi connectivity index (χ3n) is 3.11. The normalized spacial score (nSPS) is 15.9. The number of nitrogens with two attached hydrogens (primary N) is 1. The monoisotopic (exact) mass is 281 g/mol. The molecule has 104 valence electrons. The summed E-state index contributed by atoms with van der Waals surface area (Å²) in [6.45, 7) is 2.64. The zero-order valence-electron chi connectivity index (χ0n) is 10.7. The second kappa shape index (κ2) is 6.18. The molecule has 0 aromatic heterocycles. The number of hydrogen-bond acceptors (Lipinski definition) is 4. The number of hydrogen-bond donors (Lipinski definition) is 3. The lowest BCUT2D eigenvalue weighted by Crippen LogP contribution is -2.21. The van der Waals surface area contributed by atoms with Crippen LogP contribution in [0.1, 0.15) is 12.8 Å². The van der Waals surface area contributed by atoms with Crippen LogP contribution in [-0.2, 0) is 10.0 Å². The van der Waals surface area contributed by atoms with Crippen LogP contribution in [0.5, 0.6) is 0 Å². The number of benzene rings is 1. The Kier molecular flexibility index (Phi) is 4.57. The highest BCUT2D eigenvalue weighted by atomic mass is 32.2. The first kappa shape index (κ1) is 14.0. The molecule has 5 nitrogen and oxygen atoms in total. The van der Waals surface area contributed by atoms with Gasteiger partial charge in [0.25, 0.3) is 0 Å². The summed E-state index contributed by atoms with van der Waals surface area (Å²) in [7, 11) is -3.68. The molecule has 1 heterocycles. The van der Waals surface area contributed by atoms with E-state index in [0.717, 1.165) is 25.9 Å². The molecule has 0 saturated carbocycles. The smallest absolute Gasteiger partial charge is 0.240 e. The molecule has 0 bridgehead atoms. The summed E-state index contributed by atoms with van der Waals surface area (Å²) in [4.78, 5) is 0.147. The van der Waals surface area contributed by atoms with Gasteiger partial charge in [0, 0.05) is 13.1 Å². The van der Waals surface area contributed by atoms with Crippen molar-refractivity contribution in [3.63, 3.8) is 0 Å². The predicted molar refractivity (Wildman–Crippen MR) is 76.5 cm³/mol. The summed E-state index contributed by atoms with van der Waals surface area (Å²) in [6.07, 6.45) is 4.16. The van der Waals surface area contributed by atoms with E-state index in [1.807, 2.05) is 0 Å². The minimum absolute atomic E-state index is 0.147. The van der Waals surface area contributed by atoms with Crippen LogP contribution in [0, 0.1) is 0 Å². The Morgan fingerprint density at radius 3 is 2.79 bits per heavy atom. The Balaban J connectivity index is 1.98. The molecule has 1 aliphatic heterocycles. The molecule has 0 aliphatic carbocycles. The third kappa shape index (κ3) is 4.05. The largest absolute Gasteiger partial charge is 0.384 e. The van der Waals surface area contributed by atoms with Gasteiger partial charge in [-0.3, -0.25) is 0 Å². The molecule has 0 saturated heterocycles. The topological polar surface area (TPSA) is 84.2 Å². The van der Waals surface area contributed by atoms with Crippen LogP contribution in [0.3, 0.4) is 0 Å². The lowest BCUT2D eigenvalue weighted by molar-refractivity contribution is 0.598. The van der Waals surface area contributed by atoms with E-state index in [-0.39, 0.29) is 4.90 Å². The molecule has 0 spiro atoms. The van der Waals surface area contributed by atoms with Gasteiger partial charge in [-0.15, -0.1) is 0 Å². The van der Waals surface area contributed by atoms with Gasteiger partial charge in [0.05, 0.1) is 5.69 Å². The van der Waals surface area contributed by atoms with Crippen molar-refractivity contribution in [2.24, 2.45) is 5.14 Å². The summed E-state index contributed by atoms with van der Waals surface area (Å²) in [6, 6.07) is 6.71. The number of nitrogens with one attached hydrogen (secondary N) is 2. The molecule has 0 amide bonds. The van der Waals surface area contributed by atoms with Crippen LogP contribution in [0.25, 0.3) is 0 Å². The molecule has 0 radical (unpaired) electrons. The number of anilines is 1. The molecule has 0 unspecified atom stereocenters. The molecule has 2 rings (SSSR count). The lowest BCUT2D eigenvalue weighted by atomic mass is 10.1. The van der Waals surface area contributed by atoms with E-state index in [2.05, 4.69) is 16.7 Å². The molecule has 0 fully saturated rings. The average molecular weight is 281 g/mol. The second-order valence-electron chi connectivity index (χ2n) is 4.53. The maximum atomic E-state index is 11.4. The lowest BCUT2D eigenvalue weighted by Gasteiger charge is -2.15. The standard InChI is InChI=1S/C13H19N3O2S/c14-19(17,18)13-4-2-1-3-12(13)16-10-7-11-5-8-15-9-6-11/h1-5,15-16H,6-10H2,(H2,14,17,18). The molecule has 4 N–H and O–H groups in total. The zero-order valence-corrected chi connectivity index (χ0v) is 11.5. The number of para-hydroxylation sites is 1. The SMILES string of the molecule is NS(=O)(=O)c1ccccc1NCCC1=CCNCC1. The molecule has 1 aliphatic rings. The molecule has 1 aromatic carbocycles. The fourth-order valence-corrected chi connectivity index (χ4v) is 2.83. The van der Waals surface area contributed by atoms with Crippen molar-refractivity contribution in [3.05, 3.63) is 35.9 Å². The summed E-state index contributed by atoms with van der Waals surface area (Å²) in [5, 5.41) is 11.6. The Bertz CT molecular complexity index is 567. The summed E-state index contributed by atoms with van der Waals surface area (Å²) in [5.74, 6) is 0. The highest BCUT2D eigenvalue weighted by Crippen LogP contribution is 2.19. The maximum absolute atomic E-state index is 11.4. The van der Waals surface area contributed by atoms with Gasteiger partial charge >= 0.3 is 0 Å². The maximum Gasteiger partial charge on any atom is 0.240 e. The molecular formula is C13H19N3O2S. The van der Waals surface area contributed by atoms with Crippen molar-refractivity contribution in [1.82, 2.24) is 5.32 Å². The van der Waals surface area contributed by atoms with Crippen molar-refractivity contribution < 1.29 is 8.42 Å². The summed E-state index contributed by atoms with van der Waals surface area (Å²) < 4.78 is 22.9. The zero-order chi connectivity index (χ0) is 13.7. The molecule has 0 atom stereocenters. The van der Waals surface area contributed by atoms with Crippen LogP contribution in [0.15, 0.2) is 40.8 Å². The van der Waals surface area contributed by atoms with Crippen molar-refractivity contribution in [1.29, 1.82) is 0 Å². The third-order valence-corrected chi connectivity index (χ3v) is 4.08. The van der Waals surface area contributed by atoms with Crippen LogP contribution >= 0.6 is 0 Å².